The first-order chi connectivity index (χ1) is 7.59. The summed E-state index contributed by atoms with van der Waals surface area (Å²) in [5.74, 6) is -0.871. The molecule has 2 N–H and O–H groups in total. The molecule has 5 heteroatoms. The van der Waals surface area contributed by atoms with Gasteiger partial charge in [-0.1, -0.05) is 19.1 Å². The van der Waals surface area contributed by atoms with Gasteiger partial charge in [-0.25, -0.2) is 4.79 Å². The average Bonchev–Trinajstić information content (AvgIpc) is 2.26. The number of carboxylic acid groups (broad SMARTS) is 1. The summed E-state index contributed by atoms with van der Waals surface area (Å²) in [6.45, 7) is 3.59. The Bertz CT molecular complexity index is 289. The molecule has 1 heterocycles. The van der Waals surface area contributed by atoms with Crippen LogP contribution in [-0.4, -0.2) is 41.6 Å². The maximum Gasteiger partial charge on any atom is 0.317 e. The molecule has 0 bridgehead atoms. The molecule has 1 aliphatic rings. The second-order valence-corrected chi connectivity index (χ2v) is 4.10. The Morgan fingerprint density at radius 2 is 2.25 bits per heavy atom. The Morgan fingerprint density at radius 3 is 2.81 bits per heavy atom. The summed E-state index contributed by atoms with van der Waals surface area (Å²) in [4.78, 5) is 23.8. The molecule has 0 radical (unpaired) electrons. The molecule has 0 aromatic carbocycles. The van der Waals surface area contributed by atoms with Crippen molar-refractivity contribution in [2.24, 2.45) is 5.92 Å². The van der Waals surface area contributed by atoms with Crippen LogP contribution in [0.2, 0.25) is 0 Å². The van der Waals surface area contributed by atoms with E-state index in [2.05, 4.69) is 11.4 Å². The first-order valence-corrected chi connectivity index (χ1v) is 5.49. The van der Waals surface area contributed by atoms with Gasteiger partial charge in [0.05, 0.1) is 0 Å². The van der Waals surface area contributed by atoms with E-state index >= 15 is 0 Å². The van der Waals surface area contributed by atoms with Gasteiger partial charge in [0.2, 0.25) is 0 Å². The number of carboxylic acids is 1. The number of carbonyl (C=O) groups is 2. The number of aliphatic carboxylic acids is 1. The standard InChI is InChI=1S/C11H18N2O3/c1-9(7-10(14)15)8-12-11(16)13-5-3-2-4-6-13/h2-3,9H,4-8H2,1H3,(H,12,16)(H,14,15). The molecule has 1 atom stereocenters. The topological polar surface area (TPSA) is 69.6 Å². The number of nitrogens with zero attached hydrogens (tertiary/aromatic N) is 1. The first-order valence-electron chi connectivity index (χ1n) is 5.49. The summed E-state index contributed by atoms with van der Waals surface area (Å²) in [5.41, 5.74) is 0. The summed E-state index contributed by atoms with van der Waals surface area (Å²) >= 11 is 0. The van der Waals surface area contributed by atoms with Crippen LogP contribution in [-0.2, 0) is 4.79 Å². The average molecular weight is 226 g/mol. The molecule has 0 fully saturated rings. The molecule has 0 saturated heterocycles. The Morgan fingerprint density at radius 1 is 1.50 bits per heavy atom. The van der Waals surface area contributed by atoms with Crippen molar-refractivity contribution in [3.8, 4) is 0 Å². The first kappa shape index (κ1) is 12.5. The van der Waals surface area contributed by atoms with Crippen LogP contribution in [0.5, 0.6) is 0 Å². The maximum atomic E-state index is 11.6. The van der Waals surface area contributed by atoms with Gasteiger partial charge in [-0.2, -0.15) is 0 Å². The number of nitrogens with one attached hydrogen (secondary N) is 1. The van der Waals surface area contributed by atoms with Gasteiger partial charge < -0.3 is 15.3 Å². The zero-order chi connectivity index (χ0) is 12.0. The summed E-state index contributed by atoms with van der Waals surface area (Å²) in [7, 11) is 0. The smallest absolute Gasteiger partial charge is 0.317 e. The van der Waals surface area contributed by atoms with E-state index in [-0.39, 0.29) is 18.4 Å². The molecule has 0 aromatic heterocycles. The van der Waals surface area contributed by atoms with Gasteiger partial charge in [0.1, 0.15) is 0 Å². The van der Waals surface area contributed by atoms with Gasteiger partial charge in [0.25, 0.3) is 0 Å². The molecule has 0 spiro atoms. The van der Waals surface area contributed by atoms with Crippen LogP contribution >= 0.6 is 0 Å². The van der Waals surface area contributed by atoms with Crippen molar-refractivity contribution in [2.45, 2.75) is 19.8 Å². The van der Waals surface area contributed by atoms with E-state index in [9.17, 15) is 9.59 Å². The Hall–Kier alpha value is -1.52. The number of hydrogen-bond acceptors (Lipinski definition) is 2. The minimum atomic E-state index is -0.831. The van der Waals surface area contributed by atoms with Gasteiger partial charge >= 0.3 is 12.0 Å². The van der Waals surface area contributed by atoms with Gasteiger partial charge in [0.15, 0.2) is 0 Å². The fourth-order valence-corrected chi connectivity index (χ4v) is 1.57. The third-order valence-corrected chi connectivity index (χ3v) is 2.47. The molecule has 0 saturated carbocycles. The fourth-order valence-electron chi connectivity index (χ4n) is 1.57. The molecule has 1 unspecified atom stereocenters. The van der Waals surface area contributed by atoms with E-state index in [1.807, 2.05) is 13.0 Å². The monoisotopic (exact) mass is 226 g/mol. The number of rotatable bonds is 4. The molecule has 5 nitrogen and oxygen atoms in total. The summed E-state index contributed by atoms with van der Waals surface area (Å²) in [6, 6.07) is -0.110. The van der Waals surface area contributed by atoms with Crippen molar-refractivity contribution in [2.75, 3.05) is 19.6 Å². The lowest BCUT2D eigenvalue weighted by Gasteiger charge is -2.24. The quantitative estimate of drug-likeness (QED) is 0.704. The highest BCUT2D eigenvalue weighted by Gasteiger charge is 2.15. The predicted octanol–water partition coefficient (Wildman–Crippen LogP) is 1.07. The van der Waals surface area contributed by atoms with Gasteiger partial charge in [0, 0.05) is 26.1 Å². The highest BCUT2D eigenvalue weighted by molar-refractivity contribution is 5.74. The normalized spacial score (nSPS) is 16.9. The lowest BCUT2D eigenvalue weighted by atomic mass is 10.1. The van der Waals surface area contributed by atoms with E-state index in [0.29, 0.717) is 13.1 Å². The van der Waals surface area contributed by atoms with Gasteiger partial charge in [-0.15, -0.1) is 0 Å². The number of carbonyl (C=O) groups excluding carboxylic acids is 1. The Labute approximate surface area is 95.1 Å². The molecule has 1 aliphatic heterocycles. The fraction of sp³-hybridized carbons (Fsp3) is 0.636. The molecule has 0 aliphatic carbocycles. The van der Waals surface area contributed by atoms with Crippen molar-refractivity contribution in [3.05, 3.63) is 12.2 Å². The van der Waals surface area contributed by atoms with E-state index < -0.39 is 5.97 Å². The van der Waals surface area contributed by atoms with Crippen molar-refractivity contribution < 1.29 is 14.7 Å². The second-order valence-electron chi connectivity index (χ2n) is 4.10. The van der Waals surface area contributed by atoms with Gasteiger partial charge in [-0.3, -0.25) is 4.79 Å². The number of urea groups is 1. The molecule has 1 rings (SSSR count). The van der Waals surface area contributed by atoms with Crippen LogP contribution in [0.25, 0.3) is 0 Å². The van der Waals surface area contributed by atoms with Crippen LogP contribution in [0.15, 0.2) is 12.2 Å². The van der Waals surface area contributed by atoms with E-state index in [1.165, 1.54) is 0 Å². The zero-order valence-electron chi connectivity index (χ0n) is 9.48. The largest absolute Gasteiger partial charge is 0.481 e. The van der Waals surface area contributed by atoms with E-state index in [1.54, 1.807) is 4.90 Å². The highest BCUT2D eigenvalue weighted by Crippen LogP contribution is 2.03. The van der Waals surface area contributed by atoms with Crippen LogP contribution in [0.4, 0.5) is 4.79 Å². The summed E-state index contributed by atoms with van der Waals surface area (Å²) < 4.78 is 0. The van der Waals surface area contributed by atoms with Crippen molar-refractivity contribution in [1.29, 1.82) is 0 Å². The maximum absolute atomic E-state index is 11.6. The minimum absolute atomic E-state index is 0.0400. The summed E-state index contributed by atoms with van der Waals surface area (Å²) in [5, 5.41) is 11.3. The lowest BCUT2D eigenvalue weighted by molar-refractivity contribution is -0.137. The van der Waals surface area contributed by atoms with Crippen LogP contribution in [0.3, 0.4) is 0 Å². The Kier molecular flexibility index (Phi) is 4.82. The third kappa shape index (κ3) is 4.33. The van der Waals surface area contributed by atoms with E-state index in [0.717, 1.165) is 13.0 Å². The molecule has 0 aromatic rings. The number of amides is 2. The SMILES string of the molecule is CC(CNC(=O)N1CC=CCC1)CC(=O)O. The molecule has 90 valence electrons. The molecule has 2 amide bonds. The number of hydrogen-bond donors (Lipinski definition) is 2. The van der Waals surface area contributed by atoms with Crippen molar-refractivity contribution in [1.82, 2.24) is 10.2 Å². The molecular formula is C11H18N2O3. The van der Waals surface area contributed by atoms with Crippen LogP contribution in [0, 0.1) is 5.92 Å². The zero-order valence-corrected chi connectivity index (χ0v) is 9.48. The van der Waals surface area contributed by atoms with Crippen LogP contribution < -0.4 is 5.32 Å². The Balaban J connectivity index is 2.23. The van der Waals surface area contributed by atoms with Crippen LogP contribution in [0.1, 0.15) is 19.8 Å². The lowest BCUT2D eigenvalue weighted by Crippen LogP contribution is -2.43. The molecular weight excluding hydrogens is 208 g/mol. The highest BCUT2D eigenvalue weighted by atomic mass is 16.4. The molecule has 16 heavy (non-hydrogen) atoms. The summed E-state index contributed by atoms with van der Waals surface area (Å²) in [6.07, 6.45) is 4.98. The third-order valence-electron chi connectivity index (χ3n) is 2.47. The predicted molar refractivity (Wildman–Crippen MR) is 60.1 cm³/mol. The van der Waals surface area contributed by atoms with E-state index in [4.69, 9.17) is 5.11 Å². The second kappa shape index (κ2) is 6.15. The van der Waals surface area contributed by atoms with Gasteiger partial charge in [-0.05, 0) is 12.3 Å². The van der Waals surface area contributed by atoms with Crippen molar-refractivity contribution >= 4 is 12.0 Å². The van der Waals surface area contributed by atoms with Crippen molar-refractivity contribution in [3.63, 3.8) is 0 Å². The minimum Gasteiger partial charge on any atom is -0.481 e.